The van der Waals surface area contributed by atoms with Crippen molar-refractivity contribution in [3.63, 3.8) is 0 Å². The summed E-state index contributed by atoms with van der Waals surface area (Å²) in [5.74, 6) is 1.71. The zero-order valence-electron chi connectivity index (χ0n) is 26.1. The molecule has 10 nitrogen and oxygen atoms in total. The minimum atomic E-state index is -3.19. The molecule has 1 amide bonds. The summed E-state index contributed by atoms with van der Waals surface area (Å²) in [7, 11) is -6.07. The molecule has 4 rings (SSSR count). The lowest BCUT2D eigenvalue weighted by Gasteiger charge is -2.51. The Labute approximate surface area is 254 Å². The number of hydrogen-bond acceptors (Lipinski definition) is 8. The highest BCUT2D eigenvalue weighted by Gasteiger charge is 2.66. The number of carbonyl (C=O) groups is 1. The maximum atomic E-state index is 17.4. The molecule has 0 saturated carbocycles. The number of carbonyl (C=O) groups excluding carboxylic acids is 1. The first-order valence-corrected chi connectivity index (χ1v) is 18.9. The molecule has 0 unspecified atom stereocenters. The average Bonchev–Trinajstić information content (AvgIpc) is 3.42. The third-order valence-corrected chi connectivity index (χ3v) is 18.8. The lowest BCUT2D eigenvalue weighted by atomic mass is 9.97. The van der Waals surface area contributed by atoms with Crippen molar-refractivity contribution >= 4 is 51.7 Å². The van der Waals surface area contributed by atoms with Crippen LogP contribution in [-0.4, -0.2) is 67.0 Å². The molecule has 2 fully saturated rings. The lowest BCUT2D eigenvalue weighted by molar-refractivity contribution is -0.118. The van der Waals surface area contributed by atoms with E-state index in [0.717, 1.165) is 0 Å². The molecule has 2 aromatic rings. The van der Waals surface area contributed by atoms with Crippen LogP contribution >= 0.6 is 11.6 Å². The zero-order chi connectivity index (χ0) is 31.4. The van der Waals surface area contributed by atoms with E-state index in [-0.39, 0.29) is 62.9 Å². The molecule has 0 bridgehead atoms. The van der Waals surface area contributed by atoms with Crippen LogP contribution < -0.4 is 5.32 Å². The molecule has 42 heavy (non-hydrogen) atoms. The highest BCUT2D eigenvalue weighted by atomic mass is 35.5. The third-order valence-electron chi connectivity index (χ3n) is 8.35. The topological polar surface area (TPSA) is 110 Å². The van der Waals surface area contributed by atoms with Crippen molar-refractivity contribution < 1.29 is 26.9 Å². The summed E-state index contributed by atoms with van der Waals surface area (Å²) in [6, 6.07) is 0. The van der Waals surface area contributed by atoms with Crippen LogP contribution in [0.4, 0.5) is 10.3 Å². The van der Waals surface area contributed by atoms with Gasteiger partial charge in [0.2, 0.25) is 17.5 Å². The Kier molecular flexibility index (Phi) is 9.32. The molecule has 232 valence electrons. The van der Waals surface area contributed by atoms with E-state index >= 15 is 4.39 Å². The summed E-state index contributed by atoms with van der Waals surface area (Å²) >= 11 is 6.41. The number of hydrogen-bond donors (Lipinski definition) is 1. The molecule has 0 aromatic carbocycles. The van der Waals surface area contributed by atoms with E-state index < -0.39 is 41.2 Å². The number of imidazole rings is 1. The van der Waals surface area contributed by atoms with E-state index in [1.807, 2.05) is 0 Å². The molecule has 2 aromatic heterocycles. The van der Waals surface area contributed by atoms with Gasteiger partial charge in [-0.1, -0.05) is 86.8 Å². The van der Waals surface area contributed by atoms with E-state index in [1.54, 1.807) is 13.8 Å². The zero-order valence-corrected chi connectivity index (χ0v) is 28.8. The first-order valence-electron chi connectivity index (χ1n) is 14.6. The monoisotopic (exact) mass is 639 g/mol. The van der Waals surface area contributed by atoms with Crippen LogP contribution in [0.3, 0.4) is 0 Å². The van der Waals surface area contributed by atoms with Gasteiger partial charge in [-0.2, -0.15) is 9.97 Å². The van der Waals surface area contributed by atoms with Gasteiger partial charge in [0.1, 0.15) is 17.7 Å². The van der Waals surface area contributed by atoms with Crippen molar-refractivity contribution in [1.29, 1.82) is 0 Å². The highest BCUT2D eigenvalue weighted by Crippen LogP contribution is 2.52. The fourth-order valence-electron chi connectivity index (χ4n) is 5.94. The van der Waals surface area contributed by atoms with Gasteiger partial charge < -0.3 is 17.7 Å². The number of aromatic nitrogens is 4. The first kappa shape index (κ1) is 33.0. The van der Waals surface area contributed by atoms with Gasteiger partial charge >= 0.3 is 17.1 Å². The van der Waals surface area contributed by atoms with Crippen molar-refractivity contribution in [2.45, 2.75) is 116 Å². The minimum absolute atomic E-state index is 0.00402. The second-order valence-corrected chi connectivity index (χ2v) is 22.0. The Morgan fingerprint density at radius 3 is 2.21 bits per heavy atom. The van der Waals surface area contributed by atoms with Gasteiger partial charge in [0.15, 0.2) is 17.0 Å². The number of nitrogens with zero attached hydrogens (tertiary/aromatic N) is 4. The standard InChI is InChI=1S/C28H43ClFN5O5Si2/c1-12-28(30)22-20(13-37-41(16(4)5,17(6)7)40-42(39-22,18(8)9)19(10)11)38-26(28)35-14-31-21-23(29)32-27(33-24(21)35)34-25(36)15(2)3/h1,14-20,22,26H,13H2,2-11H3,(H,32,33,34,36)/t20-,22-,26-,28-/m1/s1. The SMILES string of the molecule is C#C[C@@]1(F)[C@@H]2O[Si](C(C)C)(C(C)C)O[Si](C(C)C)(C(C)C)OC[C@H]2O[C@H]1n1cnc2c(Cl)nc(NC(=O)C(C)C)nc21. The molecule has 0 aliphatic carbocycles. The van der Waals surface area contributed by atoms with Crippen LogP contribution in [0.5, 0.6) is 0 Å². The number of halogens is 2. The van der Waals surface area contributed by atoms with Crippen molar-refractivity contribution in [1.82, 2.24) is 19.5 Å². The number of terminal acetylenes is 1. The Morgan fingerprint density at radius 1 is 1.10 bits per heavy atom. The van der Waals surface area contributed by atoms with Crippen LogP contribution in [0.25, 0.3) is 11.2 Å². The Morgan fingerprint density at radius 2 is 1.69 bits per heavy atom. The normalized spacial score (nSPS) is 27.5. The fraction of sp³-hybridized carbons (Fsp3) is 0.714. The Bertz CT molecular complexity index is 1350. The number of alkyl halides is 1. The maximum Gasteiger partial charge on any atom is 0.335 e. The number of rotatable bonds is 7. The number of nitrogens with one attached hydrogen (secondary N) is 1. The molecule has 0 spiro atoms. The quantitative estimate of drug-likeness (QED) is 0.214. The van der Waals surface area contributed by atoms with Gasteiger partial charge in [-0.15, -0.1) is 6.42 Å². The second-order valence-electron chi connectivity index (χ2n) is 12.8. The van der Waals surface area contributed by atoms with Gasteiger partial charge in [0, 0.05) is 5.92 Å². The van der Waals surface area contributed by atoms with Crippen molar-refractivity contribution in [2.75, 3.05) is 11.9 Å². The maximum absolute atomic E-state index is 17.4. The highest BCUT2D eigenvalue weighted by molar-refractivity contribution is 6.84. The van der Waals surface area contributed by atoms with Gasteiger partial charge in [0.05, 0.1) is 12.9 Å². The van der Waals surface area contributed by atoms with Gasteiger partial charge in [-0.25, -0.2) is 9.37 Å². The summed E-state index contributed by atoms with van der Waals surface area (Å²) in [5, 5.41) is 2.63. The fourth-order valence-corrected chi connectivity index (χ4v) is 17.4. The van der Waals surface area contributed by atoms with Gasteiger partial charge in [0.25, 0.3) is 0 Å². The molecular formula is C28H43ClFN5O5Si2. The molecule has 2 aliphatic rings. The van der Waals surface area contributed by atoms with Crippen molar-refractivity contribution in [3.8, 4) is 12.3 Å². The number of fused-ring (bicyclic) bond motifs is 2. The van der Waals surface area contributed by atoms with E-state index in [1.165, 1.54) is 10.9 Å². The number of amides is 1. The molecule has 1 N–H and O–H groups in total. The predicted octanol–water partition coefficient (Wildman–Crippen LogP) is 6.27. The van der Waals surface area contributed by atoms with E-state index in [4.69, 9.17) is 35.7 Å². The summed E-state index contributed by atoms with van der Waals surface area (Å²) in [6.45, 7) is 20.2. The second kappa shape index (κ2) is 11.9. The molecule has 0 radical (unpaired) electrons. The largest absolute Gasteiger partial charge is 0.414 e. The lowest BCUT2D eigenvalue weighted by Crippen LogP contribution is -2.66. The number of ether oxygens (including phenoxy) is 1. The van der Waals surface area contributed by atoms with Crippen molar-refractivity contribution in [2.24, 2.45) is 5.92 Å². The summed E-state index contributed by atoms with van der Waals surface area (Å²) < 4.78 is 46.1. The average molecular weight is 640 g/mol. The van der Waals surface area contributed by atoms with Crippen LogP contribution in [0.1, 0.15) is 75.5 Å². The van der Waals surface area contributed by atoms with E-state index in [0.29, 0.717) is 0 Å². The molecule has 2 aliphatic heterocycles. The predicted molar refractivity (Wildman–Crippen MR) is 164 cm³/mol. The molecule has 2 saturated heterocycles. The van der Waals surface area contributed by atoms with Gasteiger partial charge in [-0.3, -0.25) is 14.7 Å². The van der Waals surface area contributed by atoms with Gasteiger partial charge in [-0.05, 0) is 22.2 Å². The van der Waals surface area contributed by atoms with Crippen LogP contribution in [0.15, 0.2) is 6.33 Å². The Balaban J connectivity index is 1.85. The first-order chi connectivity index (χ1) is 19.5. The number of anilines is 1. The smallest absolute Gasteiger partial charge is 0.335 e. The van der Waals surface area contributed by atoms with Crippen molar-refractivity contribution in [3.05, 3.63) is 11.5 Å². The molecule has 4 heterocycles. The van der Waals surface area contributed by atoms with Crippen LogP contribution in [0.2, 0.25) is 27.3 Å². The Hall–Kier alpha value is -1.93. The van der Waals surface area contributed by atoms with E-state index in [2.05, 4.69) is 81.6 Å². The van der Waals surface area contributed by atoms with Crippen LogP contribution in [0, 0.1) is 18.3 Å². The van der Waals surface area contributed by atoms with E-state index in [9.17, 15) is 4.79 Å². The summed E-state index contributed by atoms with van der Waals surface area (Å²) in [4.78, 5) is 25.3. The molecule has 14 heteroatoms. The molecular weight excluding hydrogens is 597 g/mol. The minimum Gasteiger partial charge on any atom is -0.414 e. The summed E-state index contributed by atoms with van der Waals surface area (Å²) in [5.41, 5.74) is -1.91. The third kappa shape index (κ3) is 5.33. The summed E-state index contributed by atoms with van der Waals surface area (Å²) in [6.07, 6.45) is 3.95. The van der Waals surface area contributed by atoms with Crippen LogP contribution in [-0.2, 0) is 22.5 Å². The molecule has 4 atom stereocenters.